The Morgan fingerprint density at radius 1 is 0.420 bits per heavy atom. The summed E-state index contributed by atoms with van der Waals surface area (Å²) in [5, 5.41) is 4.46. The van der Waals surface area contributed by atoms with E-state index in [1.54, 1.807) is 11.3 Å². The van der Waals surface area contributed by atoms with Gasteiger partial charge < -0.3 is 4.42 Å². The molecule has 50 heavy (non-hydrogen) atoms. The van der Waals surface area contributed by atoms with E-state index in [-0.39, 0.29) is 0 Å². The number of hydrogen-bond acceptors (Lipinski definition) is 6. The van der Waals surface area contributed by atoms with Crippen LogP contribution < -0.4 is 0 Å². The molecule has 10 aromatic rings. The summed E-state index contributed by atoms with van der Waals surface area (Å²) >= 11 is 1.74. The number of hydrogen-bond donors (Lipinski definition) is 0. The molecule has 0 aliphatic carbocycles. The van der Waals surface area contributed by atoms with Crippen molar-refractivity contribution in [1.29, 1.82) is 0 Å². The van der Waals surface area contributed by atoms with Gasteiger partial charge >= 0.3 is 0 Å². The smallest absolute Gasteiger partial charge is 0.227 e. The first-order valence-electron chi connectivity index (χ1n) is 16.5. The number of oxazole rings is 1. The third kappa shape index (κ3) is 4.85. The van der Waals surface area contributed by atoms with Crippen molar-refractivity contribution in [3.05, 3.63) is 158 Å². The normalized spacial score (nSPS) is 11.6. The molecular weight excluding hydrogens is 633 g/mol. The van der Waals surface area contributed by atoms with E-state index >= 15 is 0 Å². The second-order valence-corrected chi connectivity index (χ2v) is 13.4. The molecule has 0 N–H and O–H groups in total. The fourth-order valence-electron chi connectivity index (χ4n) is 6.70. The maximum absolute atomic E-state index is 6.67. The van der Waals surface area contributed by atoms with Crippen LogP contribution >= 0.6 is 11.3 Å². The maximum Gasteiger partial charge on any atom is 0.227 e. The van der Waals surface area contributed by atoms with Gasteiger partial charge in [0.15, 0.2) is 23.1 Å². The SMILES string of the molecule is c1ccc(-c2ccc(-c3nc(-c4ccc5ccccc5c4)nc(-c4c5oc(-c6ccccc6)nc5cc5sc6ccccc6c45)n3)cc2)cc1. The van der Waals surface area contributed by atoms with Gasteiger partial charge in [-0.25, -0.2) is 19.9 Å². The van der Waals surface area contributed by atoms with Crippen molar-refractivity contribution < 1.29 is 4.42 Å². The zero-order valence-corrected chi connectivity index (χ0v) is 27.4. The second kappa shape index (κ2) is 11.6. The van der Waals surface area contributed by atoms with Crippen LogP contribution in [0.25, 0.3) is 98.8 Å². The van der Waals surface area contributed by atoms with Crippen LogP contribution in [-0.2, 0) is 0 Å². The molecule has 0 bridgehead atoms. The minimum absolute atomic E-state index is 0.542. The number of aromatic nitrogens is 4. The Morgan fingerprint density at radius 2 is 1.02 bits per heavy atom. The van der Waals surface area contributed by atoms with Gasteiger partial charge in [0.25, 0.3) is 0 Å². The summed E-state index contributed by atoms with van der Waals surface area (Å²) in [6, 6.07) is 54.1. The van der Waals surface area contributed by atoms with E-state index in [0.717, 1.165) is 65.1 Å². The van der Waals surface area contributed by atoms with Crippen LogP contribution in [0.1, 0.15) is 0 Å². The van der Waals surface area contributed by atoms with Gasteiger partial charge in [0.1, 0.15) is 5.52 Å². The number of fused-ring (bicyclic) bond motifs is 5. The molecule has 0 atom stereocenters. The summed E-state index contributed by atoms with van der Waals surface area (Å²) in [5.41, 5.74) is 7.24. The predicted octanol–water partition coefficient (Wildman–Crippen LogP) is 11.9. The molecule has 0 radical (unpaired) electrons. The van der Waals surface area contributed by atoms with E-state index in [1.807, 2.05) is 36.4 Å². The average Bonchev–Trinajstić information content (AvgIpc) is 3.79. The first-order chi connectivity index (χ1) is 24.7. The molecule has 3 heterocycles. The van der Waals surface area contributed by atoms with Crippen LogP contribution in [-0.4, -0.2) is 19.9 Å². The molecule has 0 fully saturated rings. The lowest BCUT2D eigenvalue weighted by molar-refractivity contribution is 0.621. The van der Waals surface area contributed by atoms with E-state index in [2.05, 4.69) is 121 Å². The topological polar surface area (TPSA) is 64.7 Å². The molecule has 0 unspecified atom stereocenters. The maximum atomic E-state index is 6.67. The fourth-order valence-corrected chi connectivity index (χ4v) is 7.85. The first kappa shape index (κ1) is 28.5. The third-order valence-electron chi connectivity index (χ3n) is 9.16. The quantitative estimate of drug-likeness (QED) is 0.184. The number of nitrogens with zero attached hydrogens (tertiary/aromatic N) is 4. The lowest BCUT2D eigenvalue weighted by Gasteiger charge is -2.11. The van der Waals surface area contributed by atoms with Gasteiger partial charge in [0.05, 0.1) is 5.56 Å². The molecule has 0 saturated carbocycles. The number of benzene rings is 7. The van der Waals surface area contributed by atoms with Gasteiger partial charge in [-0.3, -0.25) is 0 Å². The van der Waals surface area contributed by atoms with Crippen LogP contribution in [0.15, 0.2) is 162 Å². The number of thiophene rings is 1. The van der Waals surface area contributed by atoms with Crippen molar-refractivity contribution in [2.75, 3.05) is 0 Å². The van der Waals surface area contributed by atoms with E-state index in [0.29, 0.717) is 28.9 Å². The van der Waals surface area contributed by atoms with Crippen molar-refractivity contribution in [2.24, 2.45) is 0 Å². The summed E-state index contributed by atoms with van der Waals surface area (Å²) in [7, 11) is 0. The Bertz CT molecular complexity index is 2860. The van der Waals surface area contributed by atoms with Crippen molar-refractivity contribution >= 4 is 53.4 Å². The molecule has 6 heteroatoms. The van der Waals surface area contributed by atoms with Crippen molar-refractivity contribution in [2.45, 2.75) is 0 Å². The van der Waals surface area contributed by atoms with Crippen LogP contribution in [0.2, 0.25) is 0 Å². The largest absolute Gasteiger partial charge is 0.435 e. The van der Waals surface area contributed by atoms with Crippen LogP contribution in [0.4, 0.5) is 0 Å². The molecule has 5 nitrogen and oxygen atoms in total. The Morgan fingerprint density at radius 3 is 1.82 bits per heavy atom. The van der Waals surface area contributed by atoms with Gasteiger partial charge in [-0.15, -0.1) is 11.3 Å². The highest BCUT2D eigenvalue weighted by Crippen LogP contribution is 2.45. The van der Waals surface area contributed by atoms with Gasteiger partial charge in [0.2, 0.25) is 5.89 Å². The standard InChI is InChI=1S/C44H26N4OS/c1-3-11-27(12-4-1)29-19-22-30(23-20-29)41-46-42(33-24-21-28-13-7-8-16-32(28)25-33)48-43(47-41)39-38-34-17-9-10-18-36(34)50-37(38)26-35-40(39)49-44(45-35)31-14-5-2-6-15-31/h1-26H. The summed E-state index contributed by atoms with van der Waals surface area (Å²) in [6.45, 7) is 0. The molecule has 0 spiro atoms. The van der Waals surface area contributed by atoms with Crippen LogP contribution in [0.5, 0.6) is 0 Å². The van der Waals surface area contributed by atoms with E-state index in [9.17, 15) is 0 Å². The molecule has 7 aromatic carbocycles. The average molecular weight is 659 g/mol. The van der Waals surface area contributed by atoms with Crippen molar-refractivity contribution in [1.82, 2.24) is 19.9 Å². The molecule has 0 saturated heterocycles. The van der Waals surface area contributed by atoms with Gasteiger partial charge in [-0.1, -0.05) is 127 Å². The van der Waals surface area contributed by atoms with E-state index in [1.165, 1.54) is 4.70 Å². The second-order valence-electron chi connectivity index (χ2n) is 12.3. The van der Waals surface area contributed by atoms with Gasteiger partial charge in [-0.2, -0.15) is 0 Å². The zero-order valence-electron chi connectivity index (χ0n) is 26.6. The molecule has 0 aliphatic heterocycles. The van der Waals surface area contributed by atoms with Gasteiger partial charge in [0, 0.05) is 36.9 Å². The molecular formula is C44H26N4OS. The molecule has 234 valence electrons. The lowest BCUT2D eigenvalue weighted by atomic mass is 10.0. The first-order valence-corrected chi connectivity index (χ1v) is 17.3. The summed E-state index contributed by atoms with van der Waals surface area (Å²) in [5.74, 6) is 2.28. The zero-order chi connectivity index (χ0) is 33.0. The molecule has 0 aliphatic rings. The highest BCUT2D eigenvalue weighted by atomic mass is 32.1. The predicted molar refractivity (Wildman–Crippen MR) is 205 cm³/mol. The Hall–Kier alpha value is -6.50. The van der Waals surface area contributed by atoms with Gasteiger partial charge in [-0.05, 0) is 52.2 Å². The fraction of sp³-hybridized carbons (Fsp3) is 0. The number of rotatable bonds is 5. The van der Waals surface area contributed by atoms with Crippen molar-refractivity contribution in [3.8, 4) is 56.7 Å². The van der Waals surface area contributed by atoms with E-state index in [4.69, 9.17) is 24.4 Å². The monoisotopic (exact) mass is 658 g/mol. The summed E-state index contributed by atoms with van der Waals surface area (Å²) in [4.78, 5) is 20.6. The minimum Gasteiger partial charge on any atom is -0.435 e. The van der Waals surface area contributed by atoms with Crippen LogP contribution in [0.3, 0.4) is 0 Å². The summed E-state index contributed by atoms with van der Waals surface area (Å²) in [6.07, 6.45) is 0. The molecule has 0 amide bonds. The Balaban J connectivity index is 1.25. The third-order valence-corrected chi connectivity index (χ3v) is 10.3. The van der Waals surface area contributed by atoms with E-state index < -0.39 is 0 Å². The minimum atomic E-state index is 0.542. The van der Waals surface area contributed by atoms with Crippen LogP contribution in [0, 0.1) is 0 Å². The lowest BCUT2D eigenvalue weighted by Crippen LogP contribution is -2.01. The highest BCUT2D eigenvalue weighted by molar-refractivity contribution is 7.26. The Labute approximate surface area is 291 Å². The highest BCUT2D eigenvalue weighted by Gasteiger charge is 2.24. The molecule has 3 aromatic heterocycles. The molecule has 10 rings (SSSR count). The van der Waals surface area contributed by atoms with Crippen molar-refractivity contribution in [3.63, 3.8) is 0 Å². The Kier molecular flexibility index (Phi) is 6.60. The summed E-state index contributed by atoms with van der Waals surface area (Å²) < 4.78 is 8.95.